The van der Waals surface area contributed by atoms with E-state index in [1.54, 1.807) is 0 Å². The number of rotatable bonds is 3. The van der Waals surface area contributed by atoms with Crippen LogP contribution in [0.4, 0.5) is 5.69 Å². The SMILES string of the molecule is O=c1cc(CN2CCCN(c3ccccc3Cl)CC2)occ1O. The molecule has 1 aromatic heterocycles. The van der Waals surface area contributed by atoms with Gasteiger partial charge in [0.2, 0.25) is 5.43 Å². The van der Waals surface area contributed by atoms with Gasteiger partial charge in [0, 0.05) is 32.2 Å². The van der Waals surface area contributed by atoms with Crippen molar-refractivity contribution in [1.82, 2.24) is 4.90 Å². The van der Waals surface area contributed by atoms with Crippen molar-refractivity contribution in [2.75, 3.05) is 31.1 Å². The summed E-state index contributed by atoms with van der Waals surface area (Å²) in [5, 5.41) is 10.0. The van der Waals surface area contributed by atoms with Gasteiger partial charge in [-0.1, -0.05) is 23.7 Å². The van der Waals surface area contributed by atoms with Crippen molar-refractivity contribution in [3.8, 4) is 5.75 Å². The van der Waals surface area contributed by atoms with Gasteiger partial charge in [-0.2, -0.15) is 0 Å². The molecular formula is C17H19ClN2O3. The first kappa shape index (κ1) is 15.9. The second-order valence-electron chi connectivity index (χ2n) is 5.66. The van der Waals surface area contributed by atoms with Crippen LogP contribution in [0.1, 0.15) is 12.2 Å². The van der Waals surface area contributed by atoms with Crippen molar-refractivity contribution in [3.63, 3.8) is 0 Å². The standard InChI is InChI=1S/C17H19ClN2O3/c18-14-4-1-2-5-15(14)20-7-3-6-19(8-9-20)11-13-10-16(21)17(22)12-23-13/h1-2,4-5,10,12,22H,3,6-9,11H2. The molecule has 2 aromatic rings. The smallest absolute Gasteiger partial charge is 0.226 e. The van der Waals surface area contributed by atoms with Gasteiger partial charge in [-0.25, -0.2) is 0 Å². The molecule has 122 valence electrons. The molecule has 0 radical (unpaired) electrons. The summed E-state index contributed by atoms with van der Waals surface area (Å²) in [5.41, 5.74) is 0.658. The van der Waals surface area contributed by atoms with Crippen molar-refractivity contribution < 1.29 is 9.52 Å². The average molecular weight is 335 g/mol. The molecule has 0 saturated carbocycles. The number of hydrogen-bond acceptors (Lipinski definition) is 5. The Hall–Kier alpha value is -1.98. The molecule has 2 heterocycles. The first-order valence-electron chi connectivity index (χ1n) is 7.66. The summed E-state index contributed by atoms with van der Waals surface area (Å²) in [6, 6.07) is 9.23. The zero-order chi connectivity index (χ0) is 16.2. The number of halogens is 1. The maximum absolute atomic E-state index is 11.5. The fraction of sp³-hybridized carbons (Fsp3) is 0.353. The van der Waals surface area contributed by atoms with E-state index in [-0.39, 0.29) is 5.75 Å². The van der Waals surface area contributed by atoms with E-state index in [0.717, 1.165) is 49.6 Å². The second-order valence-corrected chi connectivity index (χ2v) is 6.07. The first-order valence-corrected chi connectivity index (χ1v) is 8.04. The third-order valence-corrected chi connectivity index (χ3v) is 4.35. The number of anilines is 1. The molecule has 1 N–H and O–H groups in total. The lowest BCUT2D eigenvalue weighted by Crippen LogP contribution is -2.30. The third kappa shape index (κ3) is 3.86. The Morgan fingerprint density at radius 3 is 2.78 bits per heavy atom. The van der Waals surface area contributed by atoms with Crippen LogP contribution in [0.5, 0.6) is 5.75 Å². The Morgan fingerprint density at radius 1 is 1.17 bits per heavy atom. The normalized spacial score (nSPS) is 16.3. The van der Waals surface area contributed by atoms with Crippen LogP contribution >= 0.6 is 11.6 Å². The Morgan fingerprint density at radius 2 is 2.00 bits per heavy atom. The van der Waals surface area contributed by atoms with Gasteiger partial charge in [-0.3, -0.25) is 9.69 Å². The van der Waals surface area contributed by atoms with Crippen LogP contribution in [0.15, 0.2) is 45.8 Å². The molecule has 0 spiro atoms. The Bertz CT molecular complexity index is 732. The van der Waals surface area contributed by atoms with E-state index in [0.29, 0.717) is 12.3 Å². The average Bonchev–Trinajstić information content (AvgIpc) is 2.77. The number of hydrogen-bond donors (Lipinski definition) is 1. The number of aromatic hydroxyl groups is 1. The molecule has 0 atom stereocenters. The van der Waals surface area contributed by atoms with Crippen molar-refractivity contribution in [2.45, 2.75) is 13.0 Å². The molecule has 0 aliphatic carbocycles. The van der Waals surface area contributed by atoms with Crippen molar-refractivity contribution in [1.29, 1.82) is 0 Å². The molecule has 5 nitrogen and oxygen atoms in total. The molecule has 1 fully saturated rings. The largest absolute Gasteiger partial charge is 0.502 e. The Balaban J connectivity index is 1.65. The molecular weight excluding hydrogens is 316 g/mol. The molecule has 0 bridgehead atoms. The summed E-state index contributed by atoms with van der Waals surface area (Å²) >= 11 is 6.28. The first-order chi connectivity index (χ1) is 11.1. The van der Waals surface area contributed by atoms with E-state index in [2.05, 4.69) is 9.80 Å². The Labute approximate surface area is 139 Å². The van der Waals surface area contributed by atoms with E-state index in [9.17, 15) is 9.90 Å². The van der Waals surface area contributed by atoms with Gasteiger partial charge in [0.25, 0.3) is 0 Å². The van der Waals surface area contributed by atoms with Gasteiger partial charge in [-0.15, -0.1) is 0 Å². The quantitative estimate of drug-likeness (QED) is 0.935. The van der Waals surface area contributed by atoms with Crippen molar-refractivity contribution in [2.24, 2.45) is 0 Å². The third-order valence-electron chi connectivity index (χ3n) is 4.03. The van der Waals surface area contributed by atoms with E-state index in [4.69, 9.17) is 16.0 Å². The number of benzene rings is 1. The van der Waals surface area contributed by atoms with Crippen LogP contribution in [0.3, 0.4) is 0 Å². The van der Waals surface area contributed by atoms with Gasteiger partial charge in [-0.05, 0) is 18.6 Å². The van der Waals surface area contributed by atoms with Crippen LogP contribution in [0, 0.1) is 0 Å². The highest BCUT2D eigenvalue weighted by atomic mass is 35.5. The summed E-state index contributed by atoms with van der Waals surface area (Å²) in [6.07, 6.45) is 2.11. The zero-order valence-electron chi connectivity index (χ0n) is 12.7. The van der Waals surface area contributed by atoms with Gasteiger partial charge in [0.15, 0.2) is 5.75 Å². The van der Waals surface area contributed by atoms with E-state index < -0.39 is 5.43 Å². The highest BCUT2D eigenvalue weighted by molar-refractivity contribution is 6.33. The van der Waals surface area contributed by atoms with Gasteiger partial charge >= 0.3 is 0 Å². The summed E-state index contributed by atoms with van der Waals surface area (Å²) in [5.74, 6) is 0.216. The van der Waals surface area contributed by atoms with E-state index >= 15 is 0 Å². The minimum atomic E-state index is -0.404. The molecule has 23 heavy (non-hydrogen) atoms. The molecule has 0 amide bonds. The summed E-state index contributed by atoms with van der Waals surface area (Å²) in [4.78, 5) is 16.0. The van der Waals surface area contributed by atoms with Gasteiger partial charge in [0.1, 0.15) is 12.0 Å². The second kappa shape index (κ2) is 7.06. The summed E-state index contributed by atoms with van der Waals surface area (Å²) in [7, 11) is 0. The fourth-order valence-corrected chi connectivity index (χ4v) is 3.08. The molecule has 1 aliphatic rings. The number of nitrogens with zero attached hydrogens (tertiary/aromatic N) is 2. The van der Waals surface area contributed by atoms with E-state index in [1.165, 1.54) is 6.07 Å². The number of para-hydroxylation sites is 1. The van der Waals surface area contributed by atoms with Crippen LogP contribution < -0.4 is 10.3 Å². The van der Waals surface area contributed by atoms with Crippen molar-refractivity contribution >= 4 is 17.3 Å². The van der Waals surface area contributed by atoms with Gasteiger partial charge in [0.05, 0.1) is 17.3 Å². The van der Waals surface area contributed by atoms with Crippen LogP contribution in [-0.4, -0.2) is 36.2 Å². The lowest BCUT2D eigenvalue weighted by molar-refractivity contribution is 0.255. The lowest BCUT2D eigenvalue weighted by Gasteiger charge is -2.24. The molecule has 1 aromatic carbocycles. The zero-order valence-corrected chi connectivity index (χ0v) is 13.5. The predicted molar refractivity (Wildman–Crippen MR) is 90.2 cm³/mol. The minimum absolute atomic E-state index is 0.352. The maximum atomic E-state index is 11.5. The minimum Gasteiger partial charge on any atom is -0.502 e. The Kier molecular flexibility index (Phi) is 4.88. The van der Waals surface area contributed by atoms with Crippen LogP contribution in [-0.2, 0) is 6.54 Å². The molecule has 6 heteroatoms. The van der Waals surface area contributed by atoms with Crippen LogP contribution in [0.2, 0.25) is 5.02 Å². The van der Waals surface area contributed by atoms with Gasteiger partial charge < -0.3 is 14.4 Å². The molecule has 1 aliphatic heterocycles. The lowest BCUT2D eigenvalue weighted by atomic mass is 10.2. The highest BCUT2D eigenvalue weighted by Gasteiger charge is 2.17. The topological polar surface area (TPSA) is 56.9 Å². The fourth-order valence-electron chi connectivity index (χ4n) is 2.83. The molecule has 0 unspecified atom stereocenters. The summed E-state index contributed by atoms with van der Waals surface area (Å²) < 4.78 is 5.29. The van der Waals surface area contributed by atoms with Crippen LogP contribution in [0.25, 0.3) is 0 Å². The predicted octanol–water partition coefficient (Wildman–Crippen LogP) is 2.71. The highest BCUT2D eigenvalue weighted by Crippen LogP contribution is 2.26. The molecule has 3 rings (SSSR count). The van der Waals surface area contributed by atoms with Crippen molar-refractivity contribution in [3.05, 3.63) is 57.6 Å². The van der Waals surface area contributed by atoms with E-state index in [1.807, 2.05) is 24.3 Å². The monoisotopic (exact) mass is 334 g/mol. The maximum Gasteiger partial charge on any atom is 0.226 e. The molecule has 1 saturated heterocycles. The summed E-state index contributed by atoms with van der Waals surface area (Å²) in [6.45, 7) is 4.15.